The summed E-state index contributed by atoms with van der Waals surface area (Å²) in [6.07, 6.45) is -4.16. The minimum atomic E-state index is -4.43. The molecule has 0 bridgehead atoms. The summed E-state index contributed by atoms with van der Waals surface area (Å²) in [6.45, 7) is 0.358. The molecule has 1 aromatic carbocycles. The van der Waals surface area contributed by atoms with Crippen LogP contribution in [0.3, 0.4) is 0 Å². The molecular formula is C14H18F3NO3S. The number of sulfone groups is 1. The highest BCUT2D eigenvalue weighted by Crippen LogP contribution is 2.33. The predicted molar refractivity (Wildman–Crippen MR) is 76.1 cm³/mol. The summed E-state index contributed by atoms with van der Waals surface area (Å²) in [7, 11) is -3.06. The van der Waals surface area contributed by atoms with E-state index < -0.39 is 27.6 Å². The minimum Gasteiger partial charge on any atom is -0.396 e. The van der Waals surface area contributed by atoms with Crippen molar-refractivity contribution >= 4 is 9.84 Å². The van der Waals surface area contributed by atoms with Crippen molar-refractivity contribution in [2.24, 2.45) is 0 Å². The second-order valence-corrected chi connectivity index (χ2v) is 7.64. The lowest BCUT2D eigenvalue weighted by Gasteiger charge is -2.34. The third kappa shape index (κ3) is 4.21. The van der Waals surface area contributed by atoms with Crippen LogP contribution in [0.5, 0.6) is 0 Å². The van der Waals surface area contributed by atoms with E-state index in [-0.39, 0.29) is 37.6 Å². The molecule has 0 amide bonds. The van der Waals surface area contributed by atoms with Crippen LogP contribution in [0.1, 0.15) is 23.6 Å². The van der Waals surface area contributed by atoms with Gasteiger partial charge < -0.3 is 5.11 Å². The smallest absolute Gasteiger partial charge is 0.396 e. The molecule has 0 saturated carbocycles. The van der Waals surface area contributed by atoms with E-state index in [0.717, 1.165) is 12.1 Å². The average molecular weight is 337 g/mol. The summed E-state index contributed by atoms with van der Waals surface area (Å²) >= 11 is 0. The van der Waals surface area contributed by atoms with Crippen LogP contribution in [-0.4, -0.2) is 49.6 Å². The Bertz CT molecular complexity index is 602. The van der Waals surface area contributed by atoms with E-state index in [4.69, 9.17) is 0 Å². The van der Waals surface area contributed by atoms with Gasteiger partial charge in [-0.15, -0.1) is 0 Å². The number of aliphatic hydroxyl groups excluding tert-OH is 1. The number of nitrogens with zero attached hydrogens (tertiary/aromatic N) is 1. The van der Waals surface area contributed by atoms with Gasteiger partial charge in [0.05, 0.1) is 17.1 Å². The van der Waals surface area contributed by atoms with Gasteiger partial charge in [-0.3, -0.25) is 4.90 Å². The SMILES string of the molecule is O=S1(=O)CCN([C@@H](CCO)c2cccc(C(F)(F)F)c2)CC1. The highest BCUT2D eigenvalue weighted by atomic mass is 32.2. The zero-order valence-corrected chi connectivity index (χ0v) is 12.7. The Morgan fingerprint density at radius 3 is 2.41 bits per heavy atom. The van der Waals surface area contributed by atoms with Crippen molar-refractivity contribution in [1.29, 1.82) is 0 Å². The van der Waals surface area contributed by atoms with E-state index in [9.17, 15) is 26.7 Å². The Balaban J connectivity index is 2.25. The van der Waals surface area contributed by atoms with Gasteiger partial charge in [-0.1, -0.05) is 12.1 Å². The number of rotatable bonds is 4. The van der Waals surface area contributed by atoms with Gasteiger partial charge in [0.25, 0.3) is 0 Å². The van der Waals surface area contributed by atoms with Crippen molar-refractivity contribution in [3.8, 4) is 0 Å². The number of alkyl halides is 3. The van der Waals surface area contributed by atoms with Gasteiger partial charge in [0.15, 0.2) is 9.84 Å². The average Bonchev–Trinajstić information content (AvgIpc) is 2.44. The Morgan fingerprint density at radius 2 is 1.86 bits per heavy atom. The summed E-state index contributed by atoms with van der Waals surface area (Å²) in [6, 6.07) is 4.58. The van der Waals surface area contributed by atoms with E-state index >= 15 is 0 Å². The van der Waals surface area contributed by atoms with E-state index in [2.05, 4.69) is 0 Å². The molecule has 1 aliphatic heterocycles. The summed E-state index contributed by atoms with van der Waals surface area (Å²) < 4.78 is 61.4. The molecule has 0 radical (unpaired) electrons. The molecule has 1 fully saturated rings. The Kier molecular flexibility index (Phi) is 5.14. The third-order valence-electron chi connectivity index (χ3n) is 3.82. The van der Waals surface area contributed by atoms with Crippen molar-refractivity contribution in [2.45, 2.75) is 18.6 Å². The largest absolute Gasteiger partial charge is 0.416 e. The first-order valence-electron chi connectivity index (χ1n) is 6.95. The molecule has 0 unspecified atom stereocenters. The maximum Gasteiger partial charge on any atom is 0.416 e. The molecule has 1 saturated heterocycles. The number of hydrogen-bond donors (Lipinski definition) is 1. The molecule has 8 heteroatoms. The van der Waals surface area contributed by atoms with Gasteiger partial charge in [0, 0.05) is 25.7 Å². The molecule has 1 N–H and O–H groups in total. The number of benzene rings is 1. The highest BCUT2D eigenvalue weighted by molar-refractivity contribution is 7.91. The van der Waals surface area contributed by atoms with Crippen LogP contribution in [0.25, 0.3) is 0 Å². The number of hydrogen-bond acceptors (Lipinski definition) is 4. The fourth-order valence-corrected chi connectivity index (χ4v) is 3.87. The van der Waals surface area contributed by atoms with Crippen LogP contribution in [0.2, 0.25) is 0 Å². The standard InChI is InChI=1S/C14H18F3NO3S/c15-14(16,17)12-3-1-2-11(10-12)13(4-7-19)18-5-8-22(20,21)9-6-18/h1-3,10,13,19H,4-9H2/t13-/m0/s1. The highest BCUT2D eigenvalue weighted by Gasteiger charge is 2.32. The van der Waals surface area contributed by atoms with Gasteiger partial charge in [-0.2, -0.15) is 13.2 Å². The summed E-state index contributed by atoms with van der Waals surface area (Å²) in [4.78, 5) is 1.83. The topological polar surface area (TPSA) is 57.6 Å². The molecule has 0 aliphatic carbocycles. The second kappa shape index (κ2) is 6.55. The van der Waals surface area contributed by atoms with Crippen molar-refractivity contribution < 1.29 is 26.7 Å². The Hall–Kier alpha value is -1.12. The van der Waals surface area contributed by atoms with Crippen molar-refractivity contribution in [2.75, 3.05) is 31.2 Å². The van der Waals surface area contributed by atoms with Crippen LogP contribution >= 0.6 is 0 Å². The Labute approximate surface area is 127 Å². The van der Waals surface area contributed by atoms with Crippen LogP contribution in [0.4, 0.5) is 13.2 Å². The van der Waals surface area contributed by atoms with Gasteiger partial charge in [0.2, 0.25) is 0 Å². The molecule has 1 aliphatic rings. The van der Waals surface area contributed by atoms with E-state index in [1.165, 1.54) is 6.07 Å². The minimum absolute atomic E-state index is 0.00606. The lowest BCUT2D eigenvalue weighted by Crippen LogP contribution is -2.42. The van der Waals surface area contributed by atoms with Crippen molar-refractivity contribution in [3.63, 3.8) is 0 Å². The first-order valence-corrected chi connectivity index (χ1v) is 8.77. The predicted octanol–water partition coefficient (Wildman–Crippen LogP) is 1.86. The lowest BCUT2D eigenvalue weighted by molar-refractivity contribution is -0.137. The first kappa shape index (κ1) is 17.2. The second-order valence-electron chi connectivity index (χ2n) is 5.34. The fraction of sp³-hybridized carbons (Fsp3) is 0.571. The maximum atomic E-state index is 12.8. The first-order chi connectivity index (χ1) is 10.2. The van der Waals surface area contributed by atoms with Gasteiger partial charge in [-0.25, -0.2) is 8.42 Å². The number of aliphatic hydroxyl groups is 1. The molecular weight excluding hydrogens is 319 g/mol. The zero-order valence-electron chi connectivity index (χ0n) is 11.9. The summed E-state index contributed by atoms with van der Waals surface area (Å²) in [5.74, 6) is -0.0121. The van der Waals surface area contributed by atoms with Gasteiger partial charge in [-0.05, 0) is 24.1 Å². The molecule has 1 heterocycles. The molecule has 0 spiro atoms. The zero-order chi connectivity index (χ0) is 16.4. The van der Waals surface area contributed by atoms with Crippen LogP contribution in [0.15, 0.2) is 24.3 Å². The van der Waals surface area contributed by atoms with Crippen LogP contribution in [0, 0.1) is 0 Å². The van der Waals surface area contributed by atoms with Crippen molar-refractivity contribution in [1.82, 2.24) is 4.90 Å². The normalized spacial score (nSPS) is 20.7. The third-order valence-corrected chi connectivity index (χ3v) is 5.43. The molecule has 0 aromatic heterocycles. The fourth-order valence-electron chi connectivity index (χ4n) is 2.64. The monoisotopic (exact) mass is 337 g/mol. The van der Waals surface area contributed by atoms with Crippen LogP contribution < -0.4 is 0 Å². The molecule has 124 valence electrons. The van der Waals surface area contributed by atoms with E-state index in [0.29, 0.717) is 5.56 Å². The maximum absolute atomic E-state index is 12.8. The summed E-state index contributed by atoms with van der Waals surface area (Å²) in [5.41, 5.74) is -0.291. The number of halogens is 3. The Morgan fingerprint density at radius 1 is 1.23 bits per heavy atom. The van der Waals surface area contributed by atoms with Crippen molar-refractivity contribution in [3.05, 3.63) is 35.4 Å². The van der Waals surface area contributed by atoms with Gasteiger partial charge in [0.1, 0.15) is 0 Å². The molecule has 1 aromatic rings. The van der Waals surface area contributed by atoms with E-state index in [1.807, 2.05) is 4.90 Å². The molecule has 2 rings (SSSR count). The van der Waals surface area contributed by atoms with Crippen LogP contribution in [-0.2, 0) is 16.0 Å². The lowest BCUT2D eigenvalue weighted by atomic mass is 9.99. The quantitative estimate of drug-likeness (QED) is 0.911. The van der Waals surface area contributed by atoms with Gasteiger partial charge >= 0.3 is 6.18 Å². The molecule has 1 atom stereocenters. The molecule has 22 heavy (non-hydrogen) atoms. The van der Waals surface area contributed by atoms with E-state index in [1.54, 1.807) is 6.07 Å². The molecule has 4 nitrogen and oxygen atoms in total. The summed E-state index contributed by atoms with van der Waals surface area (Å²) in [5, 5.41) is 9.19.